The molecular formula is C12H18O8. The van der Waals surface area contributed by atoms with Crippen LogP contribution in [-0.2, 0) is 33.3 Å². The van der Waals surface area contributed by atoms with Gasteiger partial charge in [-0.3, -0.25) is 14.4 Å². The summed E-state index contributed by atoms with van der Waals surface area (Å²) in [6, 6.07) is 0. The molecule has 1 N–H and O–H groups in total. The smallest absolute Gasteiger partial charge is 0.303 e. The third-order valence-corrected chi connectivity index (χ3v) is 2.65. The minimum Gasteiger partial charge on any atom is -0.456 e. The Morgan fingerprint density at radius 2 is 1.25 bits per heavy atom. The van der Waals surface area contributed by atoms with Gasteiger partial charge in [0.2, 0.25) is 0 Å². The van der Waals surface area contributed by atoms with Crippen molar-refractivity contribution in [2.24, 2.45) is 0 Å². The van der Waals surface area contributed by atoms with Crippen molar-refractivity contribution in [3.05, 3.63) is 0 Å². The Balaban J connectivity index is 3.01. The molecule has 1 heterocycles. The van der Waals surface area contributed by atoms with Crippen molar-refractivity contribution in [2.75, 3.05) is 0 Å². The largest absolute Gasteiger partial charge is 0.456 e. The molecule has 0 aliphatic carbocycles. The predicted octanol–water partition coefficient (Wildman–Crippen LogP) is -0.481. The van der Waals surface area contributed by atoms with Gasteiger partial charge in [0.15, 0.2) is 24.6 Å². The first-order chi connectivity index (χ1) is 9.22. The van der Waals surface area contributed by atoms with Crippen LogP contribution in [0.5, 0.6) is 0 Å². The molecule has 1 saturated heterocycles. The highest BCUT2D eigenvalue weighted by atomic mass is 16.7. The zero-order valence-corrected chi connectivity index (χ0v) is 11.7. The van der Waals surface area contributed by atoms with E-state index >= 15 is 0 Å². The maximum absolute atomic E-state index is 11.2. The van der Waals surface area contributed by atoms with Crippen molar-refractivity contribution in [3.63, 3.8) is 0 Å². The Hall–Kier alpha value is -1.67. The van der Waals surface area contributed by atoms with E-state index in [-0.39, 0.29) is 0 Å². The molecule has 0 spiro atoms. The van der Waals surface area contributed by atoms with E-state index in [4.69, 9.17) is 18.9 Å². The van der Waals surface area contributed by atoms with Crippen LogP contribution in [0.4, 0.5) is 0 Å². The molecule has 3 unspecified atom stereocenters. The van der Waals surface area contributed by atoms with Gasteiger partial charge >= 0.3 is 17.9 Å². The van der Waals surface area contributed by atoms with E-state index in [9.17, 15) is 19.5 Å². The minimum atomic E-state index is -1.48. The number of aliphatic hydroxyl groups excluding tert-OH is 1. The number of carbonyl (C=O) groups excluding carboxylic acids is 3. The lowest BCUT2D eigenvalue weighted by Crippen LogP contribution is -2.60. The molecule has 0 aromatic heterocycles. The molecule has 8 nitrogen and oxygen atoms in total. The molecule has 1 fully saturated rings. The number of hydrogen-bond donors (Lipinski definition) is 1. The summed E-state index contributed by atoms with van der Waals surface area (Å²) in [5.74, 6) is -1.96. The van der Waals surface area contributed by atoms with Crippen LogP contribution in [-0.4, -0.2) is 53.7 Å². The first-order valence-electron chi connectivity index (χ1n) is 6.07. The fraction of sp³-hybridized carbons (Fsp3) is 0.750. The minimum absolute atomic E-state index is 0.611. The van der Waals surface area contributed by atoms with E-state index in [1.54, 1.807) is 0 Å². The van der Waals surface area contributed by atoms with Gasteiger partial charge in [-0.15, -0.1) is 0 Å². The van der Waals surface area contributed by atoms with Crippen molar-refractivity contribution in [1.29, 1.82) is 0 Å². The van der Waals surface area contributed by atoms with Crippen molar-refractivity contribution in [3.8, 4) is 0 Å². The summed E-state index contributed by atoms with van der Waals surface area (Å²) in [6.07, 6.45) is -5.60. The topological polar surface area (TPSA) is 108 Å². The monoisotopic (exact) mass is 290 g/mol. The second-order valence-corrected chi connectivity index (χ2v) is 4.45. The van der Waals surface area contributed by atoms with Gasteiger partial charge in [-0.2, -0.15) is 0 Å². The molecule has 0 saturated carbocycles. The normalized spacial score (nSPS) is 33.1. The van der Waals surface area contributed by atoms with Crippen LogP contribution < -0.4 is 0 Å². The van der Waals surface area contributed by atoms with Crippen molar-refractivity contribution >= 4 is 17.9 Å². The first-order valence-corrected chi connectivity index (χ1v) is 6.07. The SMILES string of the molecule is CC(=O)OC1[C@H](OC(C)=O)C(C)OC(O)[C@H]1OC(C)=O. The molecule has 0 amide bonds. The van der Waals surface area contributed by atoms with E-state index in [0.29, 0.717) is 0 Å². The number of ether oxygens (including phenoxy) is 4. The zero-order valence-electron chi connectivity index (χ0n) is 11.7. The first kappa shape index (κ1) is 16.4. The highest BCUT2D eigenvalue weighted by molar-refractivity contribution is 5.68. The van der Waals surface area contributed by atoms with E-state index in [1.165, 1.54) is 13.8 Å². The fourth-order valence-electron chi connectivity index (χ4n) is 1.99. The number of esters is 3. The number of aliphatic hydroxyl groups is 1. The van der Waals surface area contributed by atoms with Gasteiger partial charge in [0.1, 0.15) is 0 Å². The van der Waals surface area contributed by atoms with Crippen LogP contribution in [0.1, 0.15) is 27.7 Å². The molecule has 1 aliphatic heterocycles. The lowest BCUT2D eigenvalue weighted by atomic mass is 9.99. The maximum atomic E-state index is 11.2. The molecule has 20 heavy (non-hydrogen) atoms. The van der Waals surface area contributed by atoms with Crippen molar-refractivity contribution in [2.45, 2.75) is 58.4 Å². The van der Waals surface area contributed by atoms with Crippen LogP contribution in [0.15, 0.2) is 0 Å². The third-order valence-electron chi connectivity index (χ3n) is 2.65. The summed E-state index contributed by atoms with van der Waals surface area (Å²) < 4.78 is 20.1. The highest BCUT2D eigenvalue weighted by Crippen LogP contribution is 2.27. The Morgan fingerprint density at radius 3 is 1.70 bits per heavy atom. The summed E-state index contributed by atoms with van der Waals surface area (Å²) >= 11 is 0. The molecule has 1 rings (SSSR count). The number of rotatable bonds is 3. The summed E-state index contributed by atoms with van der Waals surface area (Å²) in [6.45, 7) is 5.01. The van der Waals surface area contributed by atoms with Gasteiger partial charge in [-0.05, 0) is 6.92 Å². The van der Waals surface area contributed by atoms with Gasteiger partial charge in [0, 0.05) is 20.8 Å². The van der Waals surface area contributed by atoms with Crippen molar-refractivity contribution in [1.82, 2.24) is 0 Å². The molecule has 5 atom stereocenters. The Morgan fingerprint density at radius 1 is 0.850 bits per heavy atom. The van der Waals surface area contributed by atoms with Crippen LogP contribution in [0.3, 0.4) is 0 Å². The van der Waals surface area contributed by atoms with E-state index in [1.807, 2.05) is 0 Å². The predicted molar refractivity (Wildman–Crippen MR) is 63.2 cm³/mol. The van der Waals surface area contributed by atoms with Gasteiger partial charge < -0.3 is 24.1 Å². The lowest BCUT2D eigenvalue weighted by Gasteiger charge is -2.41. The average molecular weight is 290 g/mol. The lowest BCUT2D eigenvalue weighted by molar-refractivity contribution is -0.288. The Bertz CT molecular complexity index is 365. The standard InChI is InChI=1S/C12H18O8/c1-5-9(18-6(2)13)10(19-7(3)14)11(12(16)17-5)20-8(4)15/h5,9-12,16H,1-4H3/t5?,9-,10?,11+,12?/m1/s1. The second kappa shape index (κ2) is 6.67. The van der Waals surface area contributed by atoms with Crippen LogP contribution >= 0.6 is 0 Å². The van der Waals surface area contributed by atoms with E-state index < -0.39 is 48.6 Å². The fourth-order valence-corrected chi connectivity index (χ4v) is 1.99. The van der Waals surface area contributed by atoms with Crippen LogP contribution in [0.2, 0.25) is 0 Å². The average Bonchev–Trinajstić information content (AvgIpc) is 2.27. The number of carbonyl (C=O) groups is 3. The molecule has 114 valence electrons. The van der Waals surface area contributed by atoms with Gasteiger partial charge in [0.25, 0.3) is 0 Å². The second-order valence-electron chi connectivity index (χ2n) is 4.45. The van der Waals surface area contributed by atoms with Gasteiger partial charge in [-0.1, -0.05) is 0 Å². The summed E-state index contributed by atoms with van der Waals surface area (Å²) in [5, 5.41) is 9.79. The molecule has 8 heteroatoms. The molecule has 0 aromatic rings. The number of hydrogen-bond acceptors (Lipinski definition) is 8. The van der Waals surface area contributed by atoms with Crippen LogP contribution in [0.25, 0.3) is 0 Å². The molecular weight excluding hydrogens is 272 g/mol. The molecule has 1 aliphatic rings. The molecule has 0 bridgehead atoms. The van der Waals surface area contributed by atoms with Gasteiger partial charge in [-0.25, -0.2) is 0 Å². The summed E-state index contributed by atoms with van der Waals surface area (Å²) in [7, 11) is 0. The zero-order chi connectivity index (χ0) is 15.4. The van der Waals surface area contributed by atoms with E-state index in [2.05, 4.69) is 0 Å². The van der Waals surface area contributed by atoms with Gasteiger partial charge in [0.05, 0.1) is 6.10 Å². The highest BCUT2D eigenvalue weighted by Gasteiger charge is 2.49. The Labute approximate surface area is 115 Å². The quantitative estimate of drug-likeness (QED) is 0.548. The third kappa shape index (κ3) is 4.17. The van der Waals surface area contributed by atoms with Crippen molar-refractivity contribution < 1.29 is 38.4 Å². The molecule has 0 radical (unpaired) electrons. The summed E-state index contributed by atoms with van der Waals surface area (Å²) in [4.78, 5) is 33.3. The Kier molecular flexibility index (Phi) is 5.46. The summed E-state index contributed by atoms with van der Waals surface area (Å²) in [5.41, 5.74) is 0. The maximum Gasteiger partial charge on any atom is 0.303 e. The van der Waals surface area contributed by atoms with E-state index in [0.717, 1.165) is 13.8 Å². The van der Waals surface area contributed by atoms with Crippen LogP contribution in [0, 0.1) is 0 Å². The molecule has 0 aromatic carbocycles.